The highest BCUT2D eigenvalue weighted by atomic mass is 16.4. The first-order valence-corrected chi connectivity index (χ1v) is 3.29. The molecule has 0 aliphatic carbocycles. The molecule has 0 rings (SSSR count). The van der Waals surface area contributed by atoms with Crippen LogP contribution >= 0.6 is 0 Å². The van der Waals surface area contributed by atoms with Crippen LogP contribution in [0.25, 0.3) is 0 Å². The fourth-order valence-electron chi connectivity index (χ4n) is 0.742. The molecular weight excluding hydrogens is 196 g/mol. The molecule has 0 saturated carbocycles. The summed E-state index contributed by atoms with van der Waals surface area (Å²) < 4.78 is 0. The van der Waals surface area contributed by atoms with Crippen LogP contribution in [-0.2, 0) is 14.4 Å². The largest absolute Gasteiger partial charge is 0.480 e. The van der Waals surface area contributed by atoms with Crippen molar-refractivity contribution in [2.45, 2.75) is 0 Å². The molecule has 7 N–H and O–H groups in total. The third-order valence-corrected chi connectivity index (χ3v) is 1.08. The van der Waals surface area contributed by atoms with Crippen molar-refractivity contribution in [1.29, 1.82) is 0 Å². The fourth-order valence-corrected chi connectivity index (χ4v) is 0.742. The molecule has 0 saturated heterocycles. The standard InChI is InChI=1S/C6H9NO6.H3N/c8-4(9)1-7(2-5(10)11)3-6(12)13;/h1-3H2,(H,8,9)(H,10,11)(H,12,13);1H3/p+1. The summed E-state index contributed by atoms with van der Waals surface area (Å²) in [5.41, 5.74) is 0. The van der Waals surface area contributed by atoms with Crippen LogP contribution in [0.2, 0.25) is 0 Å². The first-order chi connectivity index (χ1) is 5.91. The van der Waals surface area contributed by atoms with E-state index in [4.69, 9.17) is 15.3 Å². The minimum atomic E-state index is -1.26. The van der Waals surface area contributed by atoms with Crippen LogP contribution < -0.4 is 6.15 Å². The maximum atomic E-state index is 10.1. The quantitative estimate of drug-likeness (QED) is 0.434. The second kappa shape index (κ2) is 6.80. The Bertz CT molecular complexity index is 190. The zero-order valence-electron chi connectivity index (χ0n) is 7.63. The molecule has 8 heteroatoms. The average molecular weight is 209 g/mol. The van der Waals surface area contributed by atoms with Crippen LogP contribution in [-0.4, -0.2) is 57.8 Å². The van der Waals surface area contributed by atoms with Gasteiger partial charge < -0.3 is 21.5 Å². The van der Waals surface area contributed by atoms with E-state index >= 15 is 0 Å². The zero-order chi connectivity index (χ0) is 10.4. The molecule has 0 aromatic heterocycles. The zero-order valence-corrected chi connectivity index (χ0v) is 7.63. The second-order valence-corrected chi connectivity index (χ2v) is 2.33. The van der Waals surface area contributed by atoms with Gasteiger partial charge in [0.15, 0.2) is 0 Å². The van der Waals surface area contributed by atoms with Crippen molar-refractivity contribution < 1.29 is 29.7 Å². The van der Waals surface area contributed by atoms with Gasteiger partial charge in [-0.2, -0.15) is 0 Å². The number of carboxylic acid groups (broad SMARTS) is 3. The summed E-state index contributed by atoms with van der Waals surface area (Å²) in [5, 5.41) is 24.8. The second-order valence-electron chi connectivity index (χ2n) is 2.33. The molecule has 0 amide bonds. The number of rotatable bonds is 6. The van der Waals surface area contributed by atoms with Crippen molar-refractivity contribution in [3.05, 3.63) is 0 Å². The molecule has 0 aromatic carbocycles. The predicted octanol–water partition coefficient (Wildman–Crippen LogP) is -1.08. The normalized spacial score (nSPS) is 9.21. The summed E-state index contributed by atoms with van der Waals surface area (Å²) in [6, 6.07) is 0. The Balaban J connectivity index is 0. The van der Waals surface area contributed by atoms with Gasteiger partial charge in [0.25, 0.3) is 0 Å². The molecule has 14 heavy (non-hydrogen) atoms. The van der Waals surface area contributed by atoms with Gasteiger partial charge in [0.05, 0.1) is 19.6 Å². The van der Waals surface area contributed by atoms with Gasteiger partial charge in [-0.15, -0.1) is 0 Å². The maximum Gasteiger partial charge on any atom is 0.317 e. The molecule has 0 bridgehead atoms. The van der Waals surface area contributed by atoms with Crippen molar-refractivity contribution in [2.24, 2.45) is 0 Å². The number of hydrogen-bond donors (Lipinski definition) is 4. The van der Waals surface area contributed by atoms with Gasteiger partial charge in [0.1, 0.15) is 0 Å². The third kappa shape index (κ3) is 8.43. The molecule has 0 aromatic rings. The van der Waals surface area contributed by atoms with E-state index in [0.717, 1.165) is 4.90 Å². The van der Waals surface area contributed by atoms with Gasteiger partial charge in [-0.25, -0.2) is 0 Å². The molecule has 82 valence electrons. The van der Waals surface area contributed by atoms with Gasteiger partial charge in [0.2, 0.25) is 0 Å². The predicted molar refractivity (Wildman–Crippen MR) is 45.3 cm³/mol. The molecule has 0 spiro atoms. The highest BCUT2D eigenvalue weighted by molar-refractivity contribution is 5.75. The van der Waals surface area contributed by atoms with E-state index in [2.05, 4.69) is 0 Å². The first kappa shape index (κ1) is 14.8. The summed E-state index contributed by atoms with van der Waals surface area (Å²) in [6.45, 7) is -1.80. The molecule has 0 unspecified atom stereocenters. The van der Waals surface area contributed by atoms with Crippen LogP contribution in [0.15, 0.2) is 0 Å². The Labute approximate surface area is 79.3 Å². The van der Waals surface area contributed by atoms with Crippen molar-refractivity contribution in [3.63, 3.8) is 0 Å². The van der Waals surface area contributed by atoms with Gasteiger partial charge in [-0.05, 0) is 0 Å². The fraction of sp³-hybridized carbons (Fsp3) is 0.500. The summed E-state index contributed by atoms with van der Waals surface area (Å²) in [4.78, 5) is 31.2. The Morgan fingerprint density at radius 1 is 0.786 bits per heavy atom. The molecule has 0 aliphatic rings. The number of carboxylic acids is 3. The van der Waals surface area contributed by atoms with E-state index in [1.807, 2.05) is 0 Å². The van der Waals surface area contributed by atoms with E-state index in [9.17, 15) is 14.4 Å². The number of nitrogens with zero attached hydrogens (tertiary/aromatic N) is 1. The molecule has 0 fully saturated rings. The van der Waals surface area contributed by atoms with Crippen molar-refractivity contribution in [1.82, 2.24) is 11.1 Å². The number of quaternary nitrogens is 1. The Kier molecular flexibility index (Phi) is 7.21. The van der Waals surface area contributed by atoms with Crippen molar-refractivity contribution >= 4 is 17.9 Å². The summed E-state index contributed by atoms with van der Waals surface area (Å²) in [6.07, 6.45) is 0. The summed E-state index contributed by atoms with van der Waals surface area (Å²) in [7, 11) is 0. The lowest BCUT2D eigenvalue weighted by atomic mass is 10.4. The molecule has 0 heterocycles. The van der Waals surface area contributed by atoms with Crippen LogP contribution in [0.5, 0.6) is 0 Å². The third-order valence-electron chi connectivity index (χ3n) is 1.08. The topological polar surface area (TPSA) is 152 Å². The average Bonchev–Trinajstić information content (AvgIpc) is 1.80. The highest BCUT2D eigenvalue weighted by Gasteiger charge is 2.15. The Morgan fingerprint density at radius 3 is 1.14 bits per heavy atom. The van der Waals surface area contributed by atoms with Crippen LogP contribution in [0.3, 0.4) is 0 Å². The number of hydrogen-bond acceptors (Lipinski definition) is 4. The van der Waals surface area contributed by atoms with Crippen LogP contribution in [0, 0.1) is 0 Å². The van der Waals surface area contributed by atoms with Gasteiger partial charge >= 0.3 is 17.9 Å². The minimum Gasteiger partial charge on any atom is -0.480 e. The molecular formula is C6H13N2O6+. The van der Waals surface area contributed by atoms with Crippen molar-refractivity contribution in [2.75, 3.05) is 19.6 Å². The first-order valence-electron chi connectivity index (χ1n) is 3.29. The van der Waals surface area contributed by atoms with Crippen LogP contribution in [0.4, 0.5) is 0 Å². The van der Waals surface area contributed by atoms with Gasteiger partial charge in [-0.1, -0.05) is 0 Å². The Hall–Kier alpha value is -1.67. The van der Waals surface area contributed by atoms with Crippen molar-refractivity contribution in [3.8, 4) is 0 Å². The maximum absolute atomic E-state index is 10.1. The highest BCUT2D eigenvalue weighted by Crippen LogP contribution is 1.87. The van der Waals surface area contributed by atoms with Gasteiger partial charge in [0, 0.05) is 0 Å². The van der Waals surface area contributed by atoms with E-state index in [1.165, 1.54) is 0 Å². The lowest BCUT2D eigenvalue weighted by molar-refractivity contribution is -0.144. The SMILES string of the molecule is O=C(O)CN(CC(=O)O)CC(=O)O.[NH4+]. The molecule has 8 nitrogen and oxygen atoms in total. The minimum absolute atomic E-state index is 0. The van der Waals surface area contributed by atoms with E-state index in [0.29, 0.717) is 0 Å². The summed E-state index contributed by atoms with van der Waals surface area (Å²) >= 11 is 0. The smallest absolute Gasteiger partial charge is 0.317 e. The van der Waals surface area contributed by atoms with Crippen LogP contribution in [0.1, 0.15) is 0 Å². The monoisotopic (exact) mass is 209 g/mol. The molecule has 0 aliphatic heterocycles. The lowest BCUT2D eigenvalue weighted by Crippen LogP contribution is -2.38. The molecule has 0 atom stereocenters. The van der Waals surface area contributed by atoms with Gasteiger partial charge in [-0.3, -0.25) is 19.3 Å². The van der Waals surface area contributed by atoms with E-state index < -0.39 is 37.5 Å². The van der Waals surface area contributed by atoms with E-state index in [1.54, 1.807) is 0 Å². The molecule has 0 radical (unpaired) electrons. The summed E-state index contributed by atoms with van der Waals surface area (Å²) in [5.74, 6) is -3.78. The number of aliphatic carboxylic acids is 3. The number of carbonyl (C=O) groups is 3. The van der Waals surface area contributed by atoms with E-state index in [-0.39, 0.29) is 6.15 Å². The lowest BCUT2D eigenvalue weighted by Gasteiger charge is -2.14. The Morgan fingerprint density at radius 2 is 1.00 bits per heavy atom.